The highest BCUT2D eigenvalue weighted by Crippen LogP contribution is 2.13. The highest BCUT2D eigenvalue weighted by molar-refractivity contribution is 5.78. The first kappa shape index (κ1) is 13.7. The number of amides is 1. The molecule has 0 aromatic carbocycles. The largest absolute Gasteiger partial charge is 0.389 e. The van der Waals surface area contributed by atoms with Crippen molar-refractivity contribution in [3.63, 3.8) is 0 Å². The fraction of sp³-hybridized carbons (Fsp3) is 0.917. The van der Waals surface area contributed by atoms with Crippen LogP contribution in [0.15, 0.2) is 0 Å². The second kappa shape index (κ2) is 5.52. The summed E-state index contributed by atoms with van der Waals surface area (Å²) in [5.41, 5.74) is 0. The zero-order valence-electron chi connectivity index (χ0n) is 11.0. The molecule has 4 unspecified atom stereocenters. The second-order valence-corrected chi connectivity index (χ2v) is 5.38. The lowest BCUT2D eigenvalue weighted by Gasteiger charge is -2.36. The Labute approximate surface area is 107 Å². The van der Waals surface area contributed by atoms with Gasteiger partial charge in [0.05, 0.1) is 31.0 Å². The number of carbonyl (C=O) groups is 1. The number of carbonyl (C=O) groups excluding carboxylic acids is 1. The van der Waals surface area contributed by atoms with Crippen molar-refractivity contribution in [3.05, 3.63) is 0 Å². The van der Waals surface area contributed by atoms with Gasteiger partial charge in [-0.15, -0.1) is 0 Å². The lowest BCUT2D eigenvalue weighted by molar-refractivity contribution is -0.144. The molecular formula is C12H22N2O4. The topological polar surface area (TPSA) is 73.2 Å². The maximum absolute atomic E-state index is 12.1. The third kappa shape index (κ3) is 3.20. The van der Waals surface area contributed by atoms with Crippen LogP contribution in [0.1, 0.15) is 13.8 Å². The molecule has 0 saturated carbocycles. The Morgan fingerprint density at radius 3 is 2.11 bits per heavy atom. The van der Waals surface area contributed by atoms with E-state index in [1.54, 1.807) is 9.80 Å². The summed E-state index contributed by atoms with van der Waals surface area (Å²) in [6.45, 7) is 6.13. The average molecular weight is 258 g/mol. The van der Waals surface area contributed by atoms with Crippen LogP contribution in [0.3, 0.4) is 0 Å². The number of hydrogen-bond donors (Lipinski definition) is 2. The van der Waals surface area contributed by atoms with Gasteiger partial charge in [0, 0.05) is 26.2 Å². The number of rotatable bonds is 2. The SMILES string of the molecule is CC1CN(C(=O)CN2CC(O)C(O)C2)CC(C)O1. The van der Waals surface area contributed by atoms with Gasteiger partial charge in [0.2, 0.25) is 5.91 Å². The van der Waals surface area contributed by atoms with Crippen LogP contribution >= 0.6 is 0 Å². The Morgan fingerprint density at radius 2 is 1.61 bits per heavy atom. The minimum Gasteiger partial charge on any atom is -0.389 e. The van der Waals surface area contributed by atoms with Gasteiger partial charge in [0.25, 0.3) is 0 Å². The molecule has 6 heteroatoms. The summed E-state index contributed by atoms with van der Waals surface area (Å²) in [5.74, 6) is 0.0401. The van der Waals surface area contributed by atoms with Gasteiger partial charge in [-0.2, -0.15) is 0 Å². The molecule has 2 N–H and O–H groups in total. The average Bonchev–Trinajstić information content (AvgIpc) is 2.56. The van der Waals surface area contributed by atoms with Crippen LogP contribution < -0.4 is 0 Å². The minimum absolute atomic E-state index is 0.0401. The van der Waals surface area contributed by atoms with Gasteiger partial charge >= 0.3 is 0 Å². The van der Waals surface area contributed by atoms with Crippen molar-refractivity contribution in [1.29, 1.82) is 0 Å². The molecular weight excluding hydrogens is 236 g/mol. The summed E-state index contributed by atoms with van der Waals surface area (Å²) < 4.78 is 5.58. The lowest BCUT2D eigenvalue weighted by atomic mass is 10.2. The highest BCUT2D eigenvalue weighted by atomic mass is 16.5. The van der Waals surface area contributed by atoms with Crippen molar-refractivity contribution in [2.75, 3.05) is 32.7 Å². The molecule has 104 valence electrons. The van der Waals surface area contributed by atoms with E-state index in [4.69, 9.17) is 4.74 Å². The third-order valence-corrected chi connectivity index (χ3v) is 3.47. The number of ether oxygens (including phenoxy) is 1. The summed E-state index contributed by atoms with van der Waals surface area (Å²) in [6.07, 6.45) is -1.35. The standard InChI is InChI=1S/C12H22N2O4/c1-8-3-14(4-9(2)18-8)12(17)7-13-5-10(15)11(16)6-13/h8-11,15-16H,3-7H2,1-2H3. The van der Waals surface area contributed by atoms with Gasteiger partial charge in [0.15, 0.2) is 0 Å². The van der Waals surface area contributed by atoms with E-state index >= 15 is 0 Å². The van der Waals surface area contributed by atoms with Crippen LogP contribution in [0.25, 0.3) is 0 Å². The molecule has 0 aromatic rings. The second-order valence-electron chi connectivity index (χ2n) is 5.38. The first-order valence-corrected chi connectivity index (χ1v) is 6.47. The normalized spacial score (nSPS) is 38.1. The van der Waals surface area contributed by atoms with Crippen molar-refractivity contribution in [3.8, 4) is 0 Å². The predicted octanol–water partition coefficient (Wildman–Crippen LogP) is -1.34. The van der Waals surface area contributed by atoms with E-state index in [0.29, 0.717) is 26.2 Å². The fourth-order valence-electron chi connectivity index (χ4n) is 2.65. The fourth-order valence-corrected chi connectivity index (χ4v) is 2.65. The van der Waals surface area contributed by atoms with Crippen LogP contribution in [0.4, 0.5) is 0 Å². The molecule has 0 radical (unpaired) electrons. The van der Waals surface area contributed by atoms with E-state index in [-0.39, 0.29) is 24.7 Å². The molecule has 1 amide bonds. The molecule has 2 aliphatic heterocycles. The molecule has 2 rings (SSSR count). The molecule has 4 atom stereocenters. The Balaban J connectivity index is 1.84. The van der Waals surface area contributed by atoms with E-state index in [9.17, 15) is 15.0 Å². The molecule has 0 aromatic heterocycles. The summed E-state index contributed by atoms with van der Waals surface area (Å²) in [6, 6.07) is 0. The monoisotopic (exact) mass is 258 g/mol. The maximum Gasteiger partial charge on any atom is 0.236 e. The van der Waals surface area contributed by atoms with Gasteiger partial charge < -0.3 is 19.8 Å². The van der Waals surface area contributed by atoms with Crippen LogP contribution in [-0.4, -0.2) is 83.1 Å². The third-order valence-electron chi connectivity index (χ3n) is 3.47. The van der Waals surface area contributed by atoms with Gasteiger partial charge in [-0.1, -0.05) is 0 Å². The lowest BCUT2D eigenvalue weighted by Crippen LogP contribution is -2.51. The summed E-state index contributed by atoms with van der Waals surface area (Å²) >= 11 is 0. The number of aliphatic hydroxyl groups is 2. The van der Waals surface area contributed by atoms with Crippen molar-refractivity contribution >= 4 is 5.91 Å². The Hall–Kier alpha value is -0.690. The number of morpholine rings is 1. The zero-order chi connectivity index (χ0) is 13.3. The number of hydrogen-bond acceptors (Lipinski definition) is 5. The smallest absolute Gasteiger partial charge is 0.236 e. The van der Waals surface area contributed by atoms with E-state index in [1.165, 1.54) is 0 Å². The van der Waals surface area contributed by atoms with Gasteiger partial charge in [0.1, 0.15) is 0 Å². The number of nitrogens with zero attached hydrogens (tertiary/aromatic N) is 2. The molecule has 2 saturated heterocycles. The van der Waals surface area contributed by atoms with Crippen LogP contribution in [-0.2, 0) is 9.53 Å². The van der Waals surface area contributed by atoms with Crippen LogP contribution in [0, 0.1) is 0 Å². The zero-order valence-corrected chi connectivity index (χ0v) is 11.0. The van der Waals surface area contributed by atoms with Crippen molar-refractivity contribution in [2.24, 2.45) is 0 Å². The molecule has 2 heterocycles. The first-order chi connectivity index (χ1) is 8.45. The number of likely N-dealkylation sites (tertiary alicyclic amines) is 1. The van der Waals surface area contributed by atoms with Gasteiger partial charge in [-0.25, -0.2) is 0 Å². The van der Waals surface area contributed by atoms with Crippen LogP contribution in [0.2, 0.25) is 0 Å². The molecule has 0 bridgehead atoms. The van der Waals surface area contributed by atoms with E-state index in [1.807, 2.05) is 13.8 Å². The Bertz CT molecular complexity index is 292. The quantitative estimate of drug-likeness (QED) is 0.641. The summed E-state index contributed by atoms with van der Waals surface area (Å²) in [4.78, 5) is 15.7. The molecule has 6 nitrogen and oxygen atoms in total. The van der Waals surface area contributed by atoms with E-state index in [0.717, 1.165) is 0 Å². The Kier molecular flexibility index (Phi) is 4.21. The van der Waals surface area contributed by atoms with Gasteiger partial charge in [-0.05, 0) is 13.8 Å². The van der Waals surface area contributed by atoms with Gasteiger partial charge in [-0.3, -0.25) is 9.69 Å². The first-order valence-electron chi connectivity index (χ1n) is 6.47. The van der Waals surface area contributed by atoms with Crippen molar-refractivity contribution in [2.45, 2.75) is 38.3 Å². The predicted molar refractivity (Wildman–Crippen MR) is 65.0 cm³/mol. The number of aliphatic hydroxyl groups excluding tert-OH is 2. The molecule has 0 spiro atoms. The van der Waals surface area contributed by atoms with Crippen molar-refractivity contribution in [1.82, 2.24) is 9.80 Å². The molecule has 18 heavy (non-hydrogen) atoms. The number of β-amino-alcohol motifs (C(OH)–C–C–N with tert-alkyl or cyclic N) is 2. The summed E-state index contributed by atoms with van der Waals surface area (Å²) in [5, 5.41) is 18.9. The molecule has 2 fully saturated rings. The molecule has 2 aliphatic rings. The summed E-state index contributed by atoms with van der Waals surface area (Å²) in [7, 11) is 0. The van der Waals surface area contributed by atoms with Crippen molar-refractivity contribution < 1.29 is 19.7 Å². The highest BCUT2D eigenvalue weighted by Gasteiger charge is 2.33. The molecule has 0 aliphatic carbocycles. The Morgan fingerprint density at radius 1 is 1.11 bits per heavy atom. The van der Waals surface area contributed by atoms with E-state index in [2.05, 4.69) is 0 Å². The maximum atomic E-state index is 12.1. The van der Waals surface area contributed by atoms with E-state index < -0.39 is 12.2 Å². The minimum atomic E-state index is -0.736. The van der Waals surface area contributed by atoms with Crippen LogP contribution in [0.5, 0.6) is 0 Å².